The fourth-order valence-corrected chi connectivity index (χ4v) is 4.19. The van der Waals surface area contributed by atoms with E-state index in [1.54, 1.807) is 27.1 Å². The molecule has 0 spiro atoms. The number of nitrogens with zero attached hydrogens (tertiary/aromatic N) is 3. The highest BCUT2D eigenvalue weighted by molar-refractivity contribution is 7.10. The number of aromatic nitrogens is 2. The molecule has 2 aromatic heterocycles. The van der Waals surface area contributed by atoms with Gasteiger partial charge in [-0.05, 0) is 48.1 Å². The summed E-state index contributed by atoms with van der Waals surface area (Å²) in [6.45, 7) is 1.10. The van der Waals surface area contributed by atoms with Crippen LogP contribution in [-0.2, 0) is 22.6 Å². The summed E-state index contributed by atoms with van der Waals surface area (Å²) in [6.07, 6.45) is 5.59. The summed E-state index contributed by atoms with van der Waals surface area (Å²) in [5.74, 6) is -0.0446. The number of likely N-dealkylation sites (tertiary alicyclic amines) is 1. The lowest BCUT2D eigenvalue weighted by Crippen LogP contribution is -2.46. The molecule has 2 amide bonds. The van der Waals surface area contributed by atoms with Gasteiger partial charge >= 0.3 is 0 Å². The van der Waals surface area contributed by atoms with Crippen LogP contribution in [0.1, 0.15) is 23.3 Å². The Kier molecular flexibility index (Phi) is 5.53. The number of hydrogen-bond acceptors (Lipinski definition) is 4. The van der Waals surface area contributed by atoms with Crippen molar-refractivity contribution in [2.24, 2.45) is 0 Å². The first-order valence-electron chi connectivity index (χ1n) is 9.39. The van der Waals surface area contributed by atoms with Crippen LogP contribution < -0.4 is 5.32 Å². The van der Waals surface area contributed by atoms with Gasteiger partial charge in [0.2, 0.25) is 11.8 Å². The van der Waals surface area contributed by atoms with Crippen LogP contribution in [0.5, 0.6) is 0 Å². The zero-order chi connectivity index (χ0) is 19.3. The lowest BCUT2D eigenvalue weighted by molar-refractivity contribution is -0.138. The Morgan fingerprint density at radius 1 is 1.18 bits per heavy atom. The van der Waals surface area contributed by atoms with E-state index in [2.05, 4.69) is 10.4 Å². The molecule has 0 bridgehead atoms. The van der Waals surface area contributed by atoms with Crippen molar-refractivity contribution >= 4 is 23.2 Å². The van der Waals surface area contributed by atoms with Crippen LogP contribution in [-0.4, -0.2) is 39.1 Å². The van der Waals surface area contributed by atoms with E-state index in [-0.39, 0.29) is 17.9 Å². The molecule has 1 unspecified atom stereocenters. The molecular formula is C21H22N4O2S. The summed E-state index contributed by atoms with van der Waals surface area (Å²) in [6, 6.07) is 13.3. The number of carbonyl (C=O) groups excluding carboxylic acids is 2. The van der Waals surface area contributed by atoms with E-state index < -0.39 is 0 Å². The average Bonchev–Trinajstić information content (AvgIpc) is 3.48. The highest BCUT2D eigenvalue weighted by Crippen LogP contribution is 2.20. The van der Waals surface area contributed by atoms with E-state index in [1.807, 2.05) is 54.0 Å². The fraction of sp³-hybridized carbons (Fsp3) is 0.286. The van der Waals surface area contributed by atoms with Crippen LogP contribution >= 0.6 is 11.3 Å². The molecule has 1 saturated heterocycles. The van der Waals surface area contributed by atoms with Crippen molar-refractivity contribution in [2.75, 3.05) is 6.54 Å². The topological polar surface area (TPSA) is 67.2 Å². The highest BCUT2D eigenvalue weighted by atomic mass is 32.1. The van der Waals surface area contributed by atoms with Gasteiger partial charge in [0.05, 0.1) is 12.1 Å². The molecule has 6 nitrogen and oxygen atoms in total. The number of hydrogen-bond donors (Lipinski definition) is 1. The van der Waals surface area contributed by atoms with Crippen molar-refractivity contribution in [3.8, 4) is 5.69 Å². The minimum atomic E-state index is -0.365. The van der Waals surface area contributed by atoms with E-state index in [0.29, 0.717) is 19.5 Å². The standard InChI is InChI=1S/C21H22N4O2S/c26-20(14-18-4-2-13-28-18)24-11-1-5-19(24)21(27)22-15-16-6-8-17(9-7-16)25-12-3-10-23-25/h2-4,6-10,12-13,19H,1,5,11,14-15H2,(H,22,27). The summed E-state index contributed by atoms with van der Waals surface area (Å²) in [4.78, 5) is 28.0. The SMILES string of the molecule is O=C(NCc1ccc(-n2cccn2)cc1)C1CCCN1C(=O)Cc1cccs1. The summed E-state index contributed by atoms with van der Waals surface area (Å²) in [7, 11) is 0. The number of rotatable bonds is 6. The smallest absolute Gasteiger partial charge is 0.243 e. The average molecular weight is 395 g/mol. The van der Waals surface area contributed by atoms with Gasteiger partial charge in [0.1, 0.15) is 6.04 Å². The van der Waals surface area contributed by atoms with E-state index >= 15 is 0 Å². The fourth-order valence-electron chi connectivity index (χ4n) is 3.50. The number of amides is 2. The largest absolute Gasteiger partial charge is 0.350 e. The third-order valence-corrected chi connectivity index (χ3v) is 5.83. The third kappa shape index (κ3) is 4.14. The molecule has 1 atom stereocenters. The van der Waals surface area contributed by atoms with Gasteiger partial charge in [0.15, 0.2) is 0 Å². The van der Waals surface area contributed by atoms with Gasteiger partial charge in [-0.1, -0.05) is 18.2 Å². The minimum absolute atomic E-state index is 0.0312. The molecule has 3 heterocycles. The van der Waals surface area contributed by atoms with Gasteiger partial charge in [0.25, 0.3) is 0 Å². The van der Waals surface area contributed by atoms with Gasteiger partial charge in [-0.25, -0.2) is 4.68 Å². The summed E-state index contributed by atoms with van der Waals surface area (Å²) < 4.78 is 1.79. The number of carbonyl (C=O) groups is 2. The minimum Gasteiger partial charge on any atom is -0.350 e. The molecule has 0 aliphatic carbocycles. The van der Waals surface area contributed by atoms with E-state index in [9.17, 15) is 9.59 Å². The van der Waals surface area contributed by atoms with E-state index in [0.717, 1.165) is 29.0 Å². The van der Waals surface area contributed by atoms with Gasteiger partial charge in [-0.3, -0.25) is 9.59 Å². The zero-order valence-corrected chi connectivity index (χ0v) is 16.3. The van der Waals surface area contributed by atoms with Crippen LogP contribution in [0, 0.1) is 0 Å². The molecule has 1 aliphatic heterocycles. The molecule has 0 radical (unpaired) electrons. The Morgan fingerprint density at radius 3 is 2.75 bits per heavy atom. The normalized spacial score (nSPS) is 16.3. The predicted molar refractivity (Wildman–Crippen MR) is 108 cm³/mol. The second-order valence-electron chi connectivity index (χ2n) is 6.84. The first-order chi connectivity index (χ1) is 13.7. The molecule has 1 aliphatic rings. The monoisotopic (exact) mass is 394 g/mol. The second kappa shape index (κ2) is 8.39. The Bertz CT molecular complexity index is 920. The molecular weight excluding hydrogens is 372 g/mol. The van der Waals surface area contributed by atoms with E-state index in [1.165, 1.54) is 0 Å². The van der Waals surface area contributed by atoms with Crippen molar-refractivity contribution < 1.29 is 9.59 Å². The third-order valence-electron chi connectivity index (χ3n) is 4.95. The number of thiophene rings is 1. The molecule has 4 rings (SSSR count). The molecule has 3 aromatic rings. The molecule has 1 N–H and O–H groups in total. The van der Waals surface area contributed by atoms with Crippen LogP contribution in [0.3, 0.4) is 0 Å². The van der Waals surface area contributed by atoms with Crippen molar-refractivity contribution in [1.82, 2.24) is 20.0 Å². The predicted octanol–water partition coefficient (Wildman–Crippen LogP) is 2.78. The van der Waals surface area contributed by atoms with Crippen molar-refractivity contribution in [2.45, 2.75) is 31.8 Å². The van der Waals surface area contributed by atoms with Crippen molar-refractivity contribution in [1.29, 1.82) is 0 Å². The summed E-state index contributed by atoms with van der Waals surface area (Å²) in [5.41, 5.74) is 1.99. The summed E-state index contributed by atoms with van der Waals surface area (Å²) >= 11 is 1.57. The number of nitrogens with one attached hydrogen (secondary N) is 1. The van der Waals surface area contributed by atoms with Gasteiger partial charge in [0, 0.05) is 30.4 Å². The Balaban J connectivity index is 1.33. The lowest BCUT2D eigenvalue weighted by Gasteiger charge is -2.24. The Hall–Kier alpha value is -2.93. The maximum atomic E-state index is 12.7. The van der Waals surface area contributed by atoms with E-state index in [4.69, 9.17) is 0 Å². The van der Waals surface area contributed by atoms with Gasteiger partial charge < -0.3 is 10.2 Å². The van der Waals surface area contributed by atoms with Crippen molar-refractivity contribution in [3.05, 3.63) is 70.7 Å². The lowest BCUT2D eigenvalue weighted by atomic mass is 10.1. The second-order valence-corrected chi connectivity index (χ2v) is 7.87. The first-order valence-corrected chi connectivity index (χ1v) is 10.3. The number of benzene rings is 1. The first kappa shape index (κ1) is 18.4. The molecule has 1 fully saturated rings. The van der Waals surface area contributed by atoms with Gasteiger partial charge in [-0.15, -0.1) is 11.3 Å². The summed E-state index contributed by atoms with van der Waals surface area (Å²) in [5, 5.41) is 9.16. The van der Waals surface area contributed by atoms with Crippen LogP contribution in [0.4, 0.5) is 0 Å². The molecule has 0 saturated carbocycles. The van der Waals surface area contributed by atoms with Crippen LogP contribution in [0.25, 0.3) is 5.69 Å². The Labute approximate surface area is 167 Å². The zero-order valence-electron chi connectivity index (χ0n) is 15.5. The Morgan fingerprint density at radius 2 is 2.04 bits per heavy atom. The molecule has 28 heavy (non-hydrogen) atoms. The maximum absolute atomic E-state index is 12.7. The molecule has 7 heteroatoms. The van der Waals surface area contributed by atoms with Crippen molar-refractivity contribution in [3.63, 3.8) is 0 Å². The van der Waals surface area contributed by atoms with Crippen LogP contribution in [0.2, 0.25) is 0 Å². The maximum Gasteiger partial charge on any atom is 0.243 e. The quantitative estimate of drug-likeness (QED) is 0.699. The molecule has 144 valence electrons. The van der Waals surface area contributed by atoms with Gasteiger partial charge in [-0.2, -0.15) is 5.10 Å². The highest BCUT2D eigenvalue weighted by Gasteiger charge is 2.33. The van der Waals surface area contributed by atoms with Crippen LogP contribution in [0.15, 0.2) is 60.2 Å². The molecule has 1 aromatic carbocycles.